The minimum atomic E-state index is -0.651. The van der Waals surface area contributed by atoms with Crippen molar-refractivity contribution in [3.63, 3.8) is 0 Å². The van der Waals surface area contributed by atoms with E-state index in [0.29, 0.717) is 31.4 Å². The lowest BCUT2D eigenvalue weighted by Gasteiger charge is -2.33. The normalized spacial score (nSPS) is 21.9. The topological polar surface area (TPSA) is 112 Å². The minimum absolute atomic E-state index is 0.0115. The summed E-state index contributed by atoms with van der Waals surface area (Å²) >= 11 is 6.48. The molecule has 2 atom stereocenters. The predicted molar refractivity (Wildman–Crippen MR) is 163 cm³/mol. The van der Waals surface area contributed by atoms with Gasteiger partial charge in [-0.2, -0.15) is 5.10 Å². The van der Waals surface area contributed by atoms with Gasteiger partial charge in [-0.05, 0) is 62.3 Å². The maximum atomic E-state index is 15.4. The number of methoxy groups -OCH3 is 2. The quantitative estimate of drug-likeness (QED) is 0.317. The standard InChI is InChI=1S/C32H38ClFN4O6/c1-37-28-7-5-4-6-24(28)30(36-37)31(40)35-27-16-26(34)20(14-25(27)33)15-29(39)38-21(17-42-2)10-11-22(38)18-44-23-12-8-19(9-13-23)32(41)43-3/h4-7,14,16,19,21-23H,8-13,15,17-18H2,1-3H3,(H,35,40)/t19?,21-,22+,23?/m1/s1. The highest BCUT2D eigenvalue weighted by Crippen LogP contribution is 2.32. The highest BCUT2D eigenvalue weighted by molar-refractivity contribution is 6.34. The van der Waals surface area contributed by atoms with Gasteiger partial charge >= 0.3 is 5.97 Å². The maximum Gasteiger partial charge on any atom is 0.308 e. The molecule has 236 valence electrons. The maximum absolute atomic E-state index is 15.4. The summed E-state index contributed by atoms with van der Waals surface area (Å²) in [6.45, 7) is 0.721. The van der Waals surface area contributed by atoms with Crippen LogP contribution in [0.5, 0.6) is 0 Å². The van der Waals surface area contributed by atoms with Gasteiger partial charge in [0, 0.05) is 19.5 Å². The van der Waals surface area contributed by atoms with Crippen molar-refractivity contribution in [2.75, 3.05) is 32.8 Å². The number of likely N-dealkylation sites (tertiary alicyclic amines) is 1. The highest BCUT2D eigenvalue weighted by atomic mass is 35.5. The molecule has 10 nitrogen and oxygen atoms in total. The summed E-state index contributed by atoms with van der Waals surface area (Å²) in [5.74, 6) is -1.69. The summed E-state index contributed by atoms with van der Waals surface area (Å²) in [6.07, 6.45) is 4.24. The van der Waals surface area contributed by atoms with Crippen LogP contribution in [0, 0.1) is 11.7 Å². The fourth-order valence-corrected chi connectivity index (χ4v) is 6.64. The van der Waals surface area contributed by atoms with Crippen molar-refractivity contribution in [2.24, 2.45) is 13.0 Å². The minimum Gasteiger partial charge on any atom is -0.469 e. The monoisotopic (exact) mass is 628 g/mol. The molecule has 2 fully saturated rings. The molecule has 1 aliphatic heterocycles. The first-order valence-electron chi connectivity index (χ1n) is 14.9. The van der Waals surface area contributed by atoms with Crippen molar-refractivity contribution < 1.29 is 33.0 Å². The second kappa shape index (κ2) is 14.0. The van der Waals surface area contributed by atoms with Crippen LogP contribution in [0.15, 0.2) is 36.4 Å². The lowest BCUT2D eigenvalue weighted by molar-refractivity contribution is -0.148. The van der Waals surface area contributed by atoms with Gasteiger partial charge in [-0.15, -0.1) is 0 Å². The molecule has 1 aliphatic carbocycles. The first-order chi connectivity index (χ1) is 21.2. The van der Waals surface area contributed by atoms with Gasteiger partial charge in [0.05, 0.1) is 67.1 Å². The van der Waals surface area contributed by atoms with Gasteiger partial charge in [-0.25, -0.2) is 4.39 Å². The van der Waals surface area contributed by atoms with E-state index in [4.69, 9.17) is 25.8 Å². The van der Waals surface area contributed by atoms with Crippen LogP contribution in [0.1, 0.15) is 54.6 Å². The van der Waals surface area contributed by atoms with E-state index in [1.807, 2.05) is 18.2 Å². The molecular weight excluding hydrogens is 591 g/mol. The first-order valence-corrected chi connectivity index (χ1v) is 15.3. The first kappa shape index (κ1) is 31.9. The van der Waals surface area contributed by atoms with E-state index in [1.54, 1.807) is 29.8 Å². The largest absolute Gasteiger partial charge is 0.469 e. The summed E-state index contributed by atoms with van der Waals surface area (Å²) in [4.78, 5) is 40.3. The number of benzene rings is 2. The van der Waals surface area contributed by atoms with E-state index in [1.165, 1.54) is 13.2 Å². The number of carbonyl (C=O) groups excluding carboxylic acids is 3. The SMILES string of the molecule is COC[C@H]1CC[C@@H](COC2CCC(C(=O)OC)CC2)N1C(=O)Cc1cc(Cl)c(NC(=O)c2nn(C)c3ccccc23)cc1F. The van der Waals surface area contributed by atoms with Crippen molar-refractivity contribution in [2.45, 2.75) is 63.1 Å². The van der Waals surface area contributed by atoms with Crippen LogP contribution in [0.2, 0.25) is 5.02 Å². The second-order valence-corrected chi connectivity index (χ2v) is 11.9. The molecule has 2 amide bonds. The highest BCUT2D eigenvalue weighted by Gasteiger charge is 2.38. The molecule has 0 unspecified atom stereocenters. The molecule has 0 spiro atoms. The number of ether oxygens (including phenoxy) is 3. The number of hydrogen-bond donors (Lipinski definition) is 1. The molecule has 0 radical (unpaired) electrons. The summed E-state index contributed by atoms with van der Waals surface area (Å²) in [7, 11) is 4.74. The Morgan fingerprint density at radius 3 is 2.43 bits per heavy atom. The molecule has 3 aromatic rings. The van der Waals surface area contributed by atoms with Crippen LogP contribution in [-0.4, -0.2) is 78.1 Å². The van der Waals surface area contributed by atoms with E-state index < -0.39 is 11.7 Å². The summed E-state index contributed by atoms with van der Waals surface area (Å²) in [6, 6.07) is 9.49. The zero-order valence-electron chi connectivity index (χ0n) is 25.2. The summed E-state index contributed by atoms with van der Waals surface area (Å²) in [5.41, 5.74) is 1.20. The molecule has 1 saturated heterocycles. The Morgan fingerprint density at radius 1 is 1.02 bits per heavy atom. The van der Waals surface area contributed by atoms with Gasteiger partial charge in [0.1, 0.15) is 5.82 Å². The Labute approximate surface area is 260 Å². The van der Waals surface area contributed by atoms with Crippen LogP contribution in [-0.2, 0) is 37.3 Å². The van der Waals surface area contributed by atoms with Crippen molar-refractivity contribution in [3.05, 3.63) is 58.5 Å². The lowest BCUT2D eigenvalue weighted by Crippen LogP contribution is -2.46. The van der Waals surface area contributed by atoms with E-state index in [9.17, 15) is 14.4 Å². The van der Waals surface area contributed by atoms with Gasteiger partial charge < -0.3 is 24.4 Å². The van der Waals surface area contributed by atoms with Crippen LogP contribution >= 0.6 is 11.6 Å². The second-order valence-electron chi connectivity index (χ2n) is 11.5. The number of rotatable bonds is 10. The zero-order chi connectivity index (χ0) is 31.4. The number of anilines is 1. The molecule has 2 heterocycles. The van der Waals surface area contributed by atoms with Crippen LogP contribution in [0.3, 0.4) is 0 Å². The number of carbonyl (C=O) groups is 3. The van der Waals surface area contributed by atoms with E-state index in [-0.39, 0.29) is 64.4 Å². The Morgan fingerprint density at radius 2 is 1.73 bits per heavy atom. The average Bonchev–Trinajstić information content (AvgIpc) is 3.59. The van der Waals surface area contributed by atoms with E-state index in [0.717, 1.165) is 37.3 Å². The summed E-state index contributed by atoms with van der Waals surface area (Å²) in [5, 5.41) is 7.74. The fourth-order valence-electron chi connectivity index (χ4n) is 6.40. The number of fused-ring (bicyclic) bond motifs is 1. The number of nitrogens with one attached hydrogen (secondary N) is 1. The molecule has 5 rings (SSSR count). The molecule has 2 aromatic carbocycles. The number of para-hydroxylation sites is 1. The van der Waals surface area contributed by atoms with E-state index in [2.05, 4.69) is 10.4 Å². The molecule has 2 aliphatic rings. The Bertz CT molecular complexity index is 1520. The number of amides is 2. The van der Waals surface area contributed by atoms with Gasteiger partial charge in [-0.3, -0.25) is 19.1 Å². The number of hydrogen-bond acceptors (Lipinski definition) is 7. The lowest BCUT2D eigenvalue weighted by atomic mass is 9.87. The number of aromatic nitrogens is 2. The fraction of sp³-hybridized carbons (Fsp3) is 0.500. The van der Waals surface area contributed by atoms with Gasteiger partial charge in [0.2, 0.25) is 5.91 Å². The third kappa shape index (κ3) is 6.90. The van der Waals surface area contributed by atoms with Crippen LogP contribution in [0.25, 0.3) is 10.9 Å². The molecular formula is C32H38ClFN4O6. The van der Waals surface area contributed by atoms with E-state index >= 15 is 4.39 Å². The smallest absolute Gasteiger partial charge is 0.308 e. The third-order valence-corrected chi connectivity index (χ3v) is 9.01. The number of halogens is 2. The predicted octanol–water partition coefficient (Wildman–Crippen LogP) is 4.92. The number of aryl methyl sites for hydroxylation is 1. The van der Waals surface area contributed by atoms with Crippen molar-refractivity contribution in [1.82, 2.24) is 14.7 Å². The van der Waals surface area contributed by atoms with Gasteiger partial charge in [-0.1, -0.05) is 29.8 Å². The Hall–Kier alpha value is -3.54. The molecule has 1 N–H and O–H groups in total. The summed E-state index contributed by atoms with van der Waals surface area (Å²) < 4.78 is 33.4. The molecule has 12 heteroatoms. The molecule has 1 saturated carbocycles. The number of nitrogens with zero attached hydrogens (tertiary/aromatic N) is 3. The van der Waals surface area contributed by atoms with Crippen LogP contribution in [0.4, 0.5) is 10.1 Å². The van der Waals surface area contributed by atoms with Gasteiger partial charge in [0.25, 0.3) is 5.91 Å². The Kier molecular flexibility index (Phi) is 10.2. The Balaban J connectivity index is 1.24. The van der Waals surface area contributed by atoms with Crippen molar-refractivity contribution in [3.8, 4) is 0 Å². The average molecular weight is 629 g/mol. The molecule has 44 heavy (non-hydrogen) atoms. The number of esters is 1. The van der Waals surface area contributed by atoms with Crippen molar-refractivity contribution >= 4 is 46.0 Å². The molecule has 0 bridgehead atoms. The van der Waals surface area contributed by atoms with Crippen molar-refractivity contribution in [1.29, 1.82) is 0 Å². The van der Waals surface area contributed by atoms with Crippen LogP contribution < -0.4 is 5.32 Å². The molecule has 1 aromatic heterocycles. The zero-order valence-corrected chi connectivity index (χ0v) is 25.9. The third-order valence-electron chi connectivity index (χ3n) is 8.70. The van der Waals surface area contributed by atoms with Gasteiger partial charge in [0.15, 0.2) is 5.69 Å².